The summed E-state index contributed by atoms with van der Waals surface area (Å²) in [7, 11) is 0. The quantitative estimate of drug-likeness (QED) is 0.885. The topological polar surface area (TPSA) is 29.1 Å². The SMILES string of the molecule is CC(NC(=O)c1ccc(C2SCCS2)cc1)c1ccccc1. The summed E-state index contributed by atoms with van der Waals surface area (Å²) in [5, 5.41) is 3.05. The summed E-state index contributed by atoms with van der Waals surface area (Å²) < 4.78 is 0.528. The van der Waals surface area contributed by atoms with Crippen LogP contribution in [0.1, 0.15) is 39.0 Å². The Hall–Kier alpha value is -1.39. The summed E-state index contributed by atoms with van der Waals surface area (Å²) in [6.07, 6.45) is 0. The van der Waals surface area contributed by atoms with Crippen LogP contribution in [-0.2, 0) is 0 Å². The predicted molar refractivity (Wildman–Crippen MR) is 96.4 cm³/mol. The van der Waals surface area contributed by atoms with Crippen molar-refractivity contribution in [3.05, 3.63) is 71.3 Å². The molecule has 1 amide bonds. The van der Waals surface area contributed by atoms with E-state index in [1.165, 1.54) is 17.1 Å². The smallest absolute Gasteiger partial charge is 0.251 e. The number of carbonyl (C=O) groups is 1. The van der Waals surface area contributed by atoms with E-state index in [0.29, 0.717) is 4.58 Å². The second kappa shape index (κ2) is 7.25. The Balaban J connectivity index is 1.64. The van der Waals surface area contributed by atoms with Crippen LogP contribution in [0.5, 0.6) is 0 Å². The van der Waals surface area contributed by atoms with E-state index in [1.807, 2.05) is 72.9 Å². The minimum absolute atomic E-state index is 0.00863. The highest BCUT2D eigenvalue weighted by Gasteiger charge is 2.18. The van der Waals surface area contributed by atoms with Crippen molar-refractivity contribution in [2.75, 3.05) is 11.5 Å². The molecule has 2 aromatic rings. The van der Waals surface area contributed by atoms with Crippen LogP contribution >= 0.6 is 23.5 Å². The molecule has 0 aliphatic carbocycles. The molecule has 4 heteroatoms. The summed E-state index contributed by atoms with van der Waals surface area (Å²) in [5.74, 6) is 2.41. The number of thioether (sulfide) groups is 2. The largest absolute Gasteiger partial charge is 0.346 e. The van der Waals surface area contributed by atoms with Gasteiger partial charge in [0.05, 0.1) is 10.6 Å². The molecule has 0 aromatic heterocycles. The molecule has 0 radical (unpaired) electrons. The van der Waals surface area contributed by atoms with E-state index < -0.39 is 0 Å². The van der Waals surface area contributed by atoms with Crippen LogP contribution in [0.25, 0.3) is 0 Å². The standard InChI is InChI=1S/C18H19NOS2/c1-13(14-5-3-2-4-6-14)19-17(20)15-7-9-16(10-8-15)18-21-11-12-22-18/h2-10,13,18H,11-12H2,1H3,(H,19,20). The highest BCUT2D eigenvalue weighted by Crippen LogP contribution is 2.45. The second-order valence-corrected chi connectivity index (χ2v) is 8.03. The van der Waals surface area contributed by atoms with E-state index in [-0.39, 0.29) is 11.9 Å². The van der Waals surface area contributed by atoms with Gasteiger partial charge in [-0.05, 0) is 30.2 Å². The molecular weight excluding hydrogens is 310 g/mol. The van der Waals surface area contributed by atoms with Gasteiger partial charge in [-0.15, -0.1) is 23.5 Å². The highest BCUT2D eigenvalue weighted by molar-refractivity contribution is 8.19. The van der Waals surface area contributed by atoms with Gasteiger partial charge in [0.2, 0.25) is 0 Å². The molecular formula is C18H19NOS2. The number of benzene rings is 2. The third kappa shape index (κ3) is 3.68. The predicted octanol–water partition coefficient (Wildman–Crippen LogP) is 4.66. The molecule has 1 heterocycles. The number of rotatable bonds is 4. The fraction of sp³-hybridized carbons (Fsp3) is 0.278. The van der Waals surface area contributed by atoms with Crippen molar-refractivity contribution in [2.45, 2.75) is 17.5 Å². The Morgan fingerprint density at radius 3 is 2.32 bits per heavy atom. The van der Waals surface area contributed by atoms with E-state index in [2.05, 4.69) is 17.4 Å². The average Bonchev–Trinajstić information content (AvgIpc) is 3.10. The van der Waals surface area contributed by atoms with Gasteiger partial charge < -0.3 is 5.32 Å². The first kappa shape index (κ1) is 15.5. The maximum absolute atomic E-state index is 12.3. The molecule has 1 aliphatic rings. The van der Waals surface area contributed by atoms with E-state index in [0.717, 1.165) is 11.1 Å². The molecule has 0 bridgehead atoms. The van der Waals surface area contributed by atoms with Gasteiger partial charge in [0.15, 0.2) is 0 Å². The fourth-order valence-electron chi connectivity index (χ4n) is 2.45. The van der Waals surface area contributed by atoms with E-state index in [9.17, 15) is 4.79 Å². The third-order valence-corrected chi connectivity index (χ3v) is 6.82. The Bertz CT molecular complexity index is 621. The number of hydrogen-bond donors (Lipinski definition) is 1. The molecule has 2 nitrogen and oxygen atoms in total. The van der Waals surface area contributed by atoms with Crippen molar-refractivity contribution in [3.63, 3.8) is 0 Å². The first-order valence-electron chi connectivity index (χ1n) is 7.43. The number of nitrogens with one attached hydrogen (secondary N) is 1. The van der Waals surface area contributed by atoms with Gasteiger partial charge >= 0.3 is 0 Å². The van der Waals surface area contributed by atoms with Crippen molar-refractivity contribution in [1.82, 2.24) is 5.32 Å². The van der Waals surface area contributed by atoms with Gasteiger partial charge in [-0.1, -0.05) is 42.5 Å². The number of hydrogen-bond acceptors (Lipinski definition) is 3. The molecule has 1 saturated heterocycles. The molecule has 1 N–H and O–H groups in total. The van der Waals surface area contributed by atoms with Gasteiger partial charge in [0.25, 0.3) is 5.91 Å². The van der Waals surface area contributed by atoms with Crippen molar-refractivity contribution >= 4 is 29.4 Å². The lowest BCUT2D eigenvalue weighted by atomic mass is 10.1. The Kier molecular flexibility index (Phi) is 5.11. The monoisotopic (exact) mass is 329 g/mol. The number of carbonyl (C=O) groups excluding carboxylic acids is 1. The molecule has 0 spiro atoms. The van der Waals surface area contributed by atoms with Crippen LogP contribution in [0.3, 0.4) is 0 Å². The first-order chi connectivity index (χ1) is 10.7. The molecule has 1 unspecified atom stereocenters. The van der Waals surface area contributed by atoms with Crippen LogP contribution in [0.2, 0.25) is 0 Å². The summed E-state index contributed by atoms with van der Waals surface area (Å²) >= 11 is 3.96. The molecule has 2 aromatic carbocycles. The van der Waals surface area contributed by atoms with Crippen LogP contribution in [0.15, 0.2) is 54.6 Å². The molecule has 114 valence electrons. The van der Waals surface area contributed by atoms with Crippen molar-refractivity contribution < 1.29 is 4.79 Å². The molecule has 22 heavy (non-hydrogen) atoms. The summed E-state index contributed by atoms with van der Waals surface area (Å²) in [6, 6.07) is 18.1. The maximum atomic E-state index is 12.3. The molecule has 1 atom stereocenters. The highest BCUT2D eigenvalue weighted by atomic mass is 32.2. The summed E-state index contributed by atoms with van der Waals surface area (Å²) in [4.78, 5) is 12.3. The average molecular weight is 329 g/mol. The number of amides is 1. The van der Waals surface area contributed by atoms with Crippen molar-refractivity contribution in [2.24, 2.45) is 0 Å². The van der Waals surface area contributed by atoms with Crippen LogP contribution < -0.4 is 5.32 Å². The van der Waals surface area contributed by atoms with E-state index >= 15 is 0 Å². The first-order valence-corrected chi connectivity index (χ1v) is 9.53. The van der Waals surface area contributed by atoms with E-state index in [1.54, 1.807) is 0 Å². The molecule has 1 fully saturated rings. The fourth-order valence-corrected chi connectivity index (χ4v) is 5.31. The van der Waals surface area contributed by atoms with Crippen LogP contribution in [-0.4, -0.2) is 17.4 Å². The van der Waals surface area contributed by atoms with Crippen molar-refractivity contribution in [1.29, 1.82) is 0 Å². The summed E-state index contributed by atoms with van der Waals surface area (Å²) in [5.41, 5.74) is 3.14. The second-order valence-electron chi connectivity index (χ2n) is 5.30. The lowest BCUT2D eigenvalue weighted by Crippen LogP contribution is -2.26. The van der Waals surface area contributed by atoms with E-state index in [4.69, 9.17) is 0 Å². The Labute approximate surface area is 140 Å². The minimum atomic E-state index is -0.0189. The maximum Gasteiger partial charge on any atom is 0.251 e. The Morgan fingerprint density at radius 2 is 1.68 bits per heavy atom. The zero-order chi connectivity index (χ0) is 15.4. The lowest BCUT2D eigenvalue weighted by molar-refractivity contribution is 0.0940. The summed E-state index contributed by atoms with van der Waals surface area (Å²) in [6.45, 7) is 2.01. The zero-order valence-corrected chi connectivity index (χ0v) is 14.1. The Morgan fingerprint density at radius 1 is 1.05 bits per heavy atom. The minimum Gasteiger partial charge on any atom is -0.346 e. The van der Waals surface area contributed by atoms with Gasteiger partial charge in [-0.2, -0.15) is 0 Å². The molecule has 0 saturated carbocycles. The normalized spacial score (nSPS) is 16.4. The lowest BCUT2D eigenvalue weighted by Gasteiger charge is -2.15. The molecule has 1 aliphatic heterocycles. The zero-order valence-electron chi connectivity index (χ0n) is 12.5. The van der Waals surface area contributed by atoms with Gasteiger partial charge in [0.1, 0.15) is 0 Å². The third-order valence-electron chi connectivity index (χ3n) is 3.71. The van der Waals surface area contributed by atoms with Crippen LogP contribution in [0.4, 0.5) is 0 Å². The van der Waals surface area contributed by atoms with Gasteiger partial charge in [-0.3, -0.25) is 4.79 Å². The molecule has 3 rings (SSSR count). The van der Waals surface area contributed by atoms with Crippen molar-refractivity contribution in [3.8, 4) is 0 Å². The van der Waals surface area contributed by atoms with Gasteiger partial charge in [-0.25, -0.2) is 0 Å². The van der Waals surface area contributed by atoms with Crippen LogP contribution in [0, 0.1) is 0 Å². The van der Waals surface area contributed by atoms with Gasteiger partial charge in [0, 0.05) is 17.1 Å².